The number of aliphatic hydroxyl groups is 1. The van der Waals surface area contributed by atoms with Gasteiger partial charge in [-0.05, 0) is 110 Å². The third kappa shape index (κ3) is 9.04. The van der Waals surface area contributed by atoms with Crippen molar-refractivity contribution in [3.63, 3.8) is 0 Å². The summed E-state index contributed by atoms with van der Waals surface area (Å²) in [7, 11) is 1.59. The molecule has 6 bridgehead atoms. The minimum absolute atomic E-state index is 0.0108. The number of rotatable bonds is 8. The van der Waals surface area contributed by atoms with Crippen LogP contribution in [0.25, 0.3) is 33.3 Å². The maximum atomic E-state index is 14.6. The molecule has 1 saturated heterocycles. The van der Waals surface area contributed by atoms with Gasteiger partial charge in [0.1, 0.15) is 23.9 Å². The van der Waals surface area contributed by atoms with E-state index in [0.29, 0.717) is 50.8 Å². The summed E-state index contributed by atoms with van der Waals surface area (Å²) in [6.07, 6.45) is 3.61. The van der Waals surface area contributed by atoms with E-state index in [2.05, 4.69) is 68.1 Å². The van der Waals surface area contributed by atoms with E-state index in [-0.39, 0.29) is 42.4 Å². The Hall–Kier alpha value is -5.27. The lowest BCUT2D eigenvalue weighted by atomic mass is 9.81. The largest absolute Gasteiger partial charge is 0.508 e. The number of aromatic nitrogens is 2. The third-order valence-electron chi connectivity index (χ3n) is 12.6. The van der Waals surface area contributed by atoms with E-state index in [4.69, 9.17) is 9.72 Å². The highest BCUT2D eigenvalue weighted by molar-refractivity contribution is 5.96. The topological polar surface area (TPSA) is 166 Å². The van der Waals surface area contributed by atoms with Crippen molar-refractivity contribution in [1.82, 2.24) is 30.2 Å². The van der Waals surface area contributed by atoms with Gasteiger partial charge in [-0.15, -0.1) is 0 Å². The first kappa shape index (κ1) is 43.8. The number of aliphatic hydroxyl groups excluding tert-OH is 1. The molecule has 3 amide bonds. The van der Waals surface area contributed by atoms with Crippen LogP contribution >= 0.6 is 0 Å². The number of amides is 3. The van der Waals surface area contributed by atoms with Crippen molar-refractivity contribution in [2.45, 2.75) is 124 Å². The Morgan fingerprint density at radius 2 is 1.82 bits per heavy atom. The molecule has 1 aliphatic carbocycles. The molecular weight excluding hydrogens is 773 g/mol. The minimum Gasteiger partial charge on any atom is -0.508 e. The van der Waals surface area contributed by atoms with Gasteiger partial charge in [-0.2, -0.15) is 0 Å². The lowest BCUT2D eigenvalue weighted by Crippen LogP contribution is -2.62. The fourth-order valence-electron chi connectivity index (χ4n) is 9.49. The molecule has 2 aliphatic heterocycles. The van der Waals surface area contributed by atoms with Gasteiger partial charge in [-0.3, -0.25) is 29.2 Å². The van der Waals surface area contributed by atoms with Gasteiger partial charge in [0, 0.05) is 60.6 Å². The summed E-state index contributed by atoms with van der Waals surface area (Å²) in [5.41, 5.74) is 10.1. The second-order valence-electron chi connectivity index (χ2n) is 18.8. The predicted octanol–water partition coefficient (Wildman–Crippen LogP) is 6.12. The van der Waals surface area contributed by atoms with E-state index >= 15 is 0 Å². The summed E-state index contributed by atoms with van der Waals surface area (Å²) >= 11 is 0. The maximum Gasteiger partial charge on any atom is 0.324 e. The number of cyclic esters (lactones) is 1. The van der Waals surface area contributed by atoms with Gasteiger partial charge in [-0.25, -0.2) is 5.43 Å². The minimum atomic E-state index is -1.12. The number of nitrogens with one attached hydrogen (secondary N) is 2. The van der Waals surface area contributed by atoms with E-state index in [1.54, 1.807) is 19.2 Å². The normalized spacial score (nSPS) is 22.4. The van der Waals surface area contributed by atoms with Crippen LogP contribution in [0.4, 0.5) is 0 Å². The Morgan fingerprint density at radius 3 is 2.51 bits per heavy atom. The Morgan fingerprint density at radius 1 is 1.07 bits per heavy atom. The van der Waals surface area contributed by atoms with Crippen molar-refractivity contribution in [2.24, 2.45) is 17.3 Å². The molecule has 1 saturated carbocycles. The highest BCUT2D eigenvalue weighted by Gasteiger charge is 2.41. The molecule has 61 heavy (non-hydrogen) atoms. The summed E-state index contributed by atoms with van der Waals surface area (Å²) in [6.45, 7) is 15.5. The van der Waals surface area contributed by atoms with E-state index in [9.17, 15) is 29.4 Å². The van der Waals surface area contributed by atoms with Crippen LogP contribution in [0.3, 0.4) is 0 Å². The summed E-state index contributed by atoms with van der Waals surface area (Å²) in [4.78, 5) is 62.4. The van der Waals surface area contributed by atoms with E-state index in [0.717, 1.165) is 44.5 Å². The first-order valence-corrected chi connectivity index (χ1v) is 21.9. The number of ether oxygens (including phenoxy) is 1. The van der Waals surface area contributed by atoms with Gasteiger partial charge >= 0.3 is 5.97 Å². The van der Waals surface area contributed by atoms with Crippen LogP contribution in [0.2, 0.25) is 0 Å². The SMILES string of the molecule is CCn1c(-c2cccnc2C(C)C)c2c3cc(ccc31)-c1cc(O)cc(c1)C[C@H](NC(=O)[C@H](C(C)C)N(C)C(=O)C1CC(O)C1)C(=O)N1CCC[C@H](N1)C(=O)OCC(C)(C)C2. The summed E-state index contributed by atoms with van der Waals surface area (Å²) in [5, 5.41) is 26.5. The highest BCUT2D eigenvalue weighted by atomic mass is 16.5. The summed E-state index contributed by atoms with van der Waals surface area (Å²) < 4.78 is 8.42. The molecule has 0 radical (unpaired) electrons. The first-order chi connectivity index (χ1) is 29.0. The molecule has 326 valence electrons. The molecule has 2 aromatic carbocycles. The predicted molar refractivity (Wildman–Crippen MR) is 234 cm³/mol. The smallest absolute Gasteiger partial charge is 0.324 e. The second kappa shape index (κ2) is 17.6. The molecule has 4 heterocycles. The average Bonchev–Trinajstić information content (AvgIpc) is 3.51. The monoisotopic (exact) mass is 834 g/mol. The van der Waals surface area contributed by atoms with Crippen molar-refractivity contribution in [3.8, 4) is 28.1 Å². The first-order valence-electron chi connectivity index (χ1n) is 21.9. The average molecular weight is 835 g/mol. The van der Waals surface area contributed by atoms with Gasteiger partial charge in [0.25, 0.3) is 5.91 Å². The van der Waals surface area contributed by atoms with Gasteiger partial charge < -0.3 is 29.7 Å². The number of nitrogens with zero attached hydrogens (tertiary/aromatic N) is 4. The number of carbonyl (C=O) groups excluding carboxylic acids is 4. The molecule has 0 unspecified atom stereocenters. The van der Waals surface area contributed by atoms with Crippen LogP contribution in [-0.2, 0) is 43.3 Å². The molecular formula is C48H62N6O7. The number of likely N-dealkylation sites (N-methyl/N-ethyl adjacent to an activating group) is 1. The van der Waals surface area contributed by atoms with Crippen molar-refractivity contribution in [3.05, 3.63) is 71.5 Å². The quantitative estimate of drug-likeness (QED) is 0.153. The molecule has 0 spiro atoms. The van der Waals surface area contributed by atoms with Gasteiger partial charge in [-0.1, -0.05) is 53.7 Å². The number of hydrazine groups is 1. The number of phenolic OH excluding ortho intramolecular Hbond substituents is 1. The van der Waals surface area contributed by atoms with Gasteiger partial charge in [0.15, 0.2) is 0 Å². The van der Waals surface area contributed by atoms with Gasteiger partial charge in [0.2, 0.25) is 11.8 Å². The van der Waals surface area contributed by atoms with E-state index in [1.807, 2.05) is 38.2 Å². The number of aromatic hydroxyl groups is 1. The van der Waals surface area contributed by atoms with Crippen LogP contribution < -0.4 is 10.7 Å². The van der Waals surface area contributed by atoms with E-state index < -0.39 is 47.4 Å². The third-order valence-corrected chi connectivity index (χ3v) is 12.6. The van der Waals surface area contributed by atoms with Crippen LogP contribution in [-0.4, -0.2) is 97.8 Å². The fourth-order valence-corrected chi connectivity index (χ4v) is 9.49. The number of fused-ring (bicyclic) bond motifs is 6. The van der Waals surface area contributed by atoms with Crippen LogP contribution in [0.1, 0.15) is 96.9 Å². The molecule has 13 nitrogen and oxygen atoms in total. The molecule has 3 atom stereocenters. The molecule has 4 aromatic rings. The highest BCUT2D eigenvalue weighted by Crippen LogP contribution is 2.42. The maximum absolute atomic E-state index is 14.6. The van der Waals surface area contributed by atoms with Crippen molar-refractivity contribution in [2.75, 3.05) is 20.2 Å². The molecule has 7 rings (SSSR count). The van der Waals surface area contributed by atoms with Gasteiger partial charge in [0.05, 0.1) is 24.1 Å². The van der Waals surface area contributed by atoms with Crippen LogP contribution in [0.15, 0.2) is 54.7 Å². The molecule has 13 heteroatoms. The second-order valence-corrected chi connectivity index (χ2v) is 18.8. The number of pyridine rings is 1. The number of carbonyl (C=O) groups is 4. The van der Waals surface area contributed by atoms with Crippen LogP contribution in [0, 0.1) is 17.3 Å². The number of hydrogen-bond acceptors (Lipinski definition) is 9. The zero-order chi connectivity index (χ0) is 43.9. The number of phenols is 1. The molecule has 3 aliphatic rings. The molecule has 2 aromatic heterocycles. The van der Waals surface area contributed by atoms with E-state index in [1.165, 1.54) is 9.91 Å². The number of esters is 1. The van der Waals surface area contributed by atoms with Crippen molar-refractivity contribution in [1.29, 1.82) is 0 Å². The summed E-state index contributed by atoms with van der Waals surface area (Å²) in [5.74, 6) is -2.11. The van der Waals surface area contributed by atoms with Crippen molar-refractivity contribution >= 4 is 34.6 Å². The van der Waals surface area contributed by atoms with Crippen LogP contribution in [0.5, 0.6) is 5.75 Å². The summed E-state index contributed by atoms with van der Waals surface area (Å²) in [6, 6.07) is 12.9. The zero-order valence-corrected chi connectivity index (χ0v) is 36.8. The Kier molecular flexibility index (Phi) is 12.6. The number of hydrogen-bond donors (Lipinski definition) is 4. The Labute approximate surface area is 358 Å². The Balaban J connectivity index is 1.34. The fraction of sp³-hybridized carbons (Fsp3) is 0.521. The number of aryl methyl sites for hydroxylation is 1. The standard InChI is InChI=1S/C48H62N6O7/c1-9-53-40-15-14-30-24-36(40)37(43(53)35-12-10-16-49-41(35)27(2)3)25-48(6,7)26-61-47(60)38-13-11-17-54(51-38)46(59)39(20-29-18-31(30)21-33(55)19-29)50-44(57)42(28(4)5)52(8)45(58)32-22-34(56)23-32/h10,12,14-16,18-19,21,24,27-28,32,34,38-39,42,51,55-56H,9,11,13,17,20,22-23,25-26H2,1-8H3,(H,50,57)/t32?,34?,38-,39-,42-/m0/s1. The lowest BCUT2D eigenvalue weighted by molar-refractivity contribution is -0.155. The molecule has 2 fully saturated rings. The van der Waals surface area contributed by atoms with Crippen molar-refractivity contribution < 1.29 is 34.1 Å². The lowest BCUT2D eigenvalue weighted by Gasteiger charge is -2.38. The zero-order valence-electron chi connectivity index (χ0n) is 36.8. The molecule has 4 N–H and O–H groups in total. The number of benzene rings is 2. The Bertz CT molecular complexity index is 2310.